The van der Waals surface area contributed by atoms with Crippen LogP contribution in [0.15, 0.2) is 53.7 Å². The summed E-state index contributed by atoms with van der Waals surface area (Å²) in [5.41, 5.74) is 3.69. The number of hydrogen-bond acceptors (Lipinski definition) is 5. The number of nitrogens with one attached hydrogen (secondary N) is 2. The van der Waals surface area contributed by atoms with Crippen molar-refractivity contribution < 1.29 is 9.59 Å². The molecule has 0 aliphatic heterocycles. The van der Waals surface area contributed by atoms with Crippen molar-refractivity contribution in [3.63, 3.8) is 0 Å². The first-order valence-electron chi connectivity index (χ1n) is 10.4. The number of aryl methyl sites for hydroxylation is 2. The van der Waals surface area contributed by atoms with Crippen LogP contribution in [0.1, 0.15) is 38.8 Å². The van der Waals surface area contributed by atoms with Gasteiger partial charge in [0.2, 0.25) is 5.91 Å². The molecule has 8 heteroatoms. The van der Waals surface area contributed by atoms with Gasteiger partial charge in [-0.05, 0) is 53.7 Å². The van der Waals surface area contributed by atoms with E-state index in [4.69, 9.17) is 0 Å². The molecule has 168 valence electrons. The molecule has 7 nitrogen and oxygen atoms in total. The molecule has 1 aromatic heterocycles. The van der Waals surface area contributed by atoms with Crippen molar-refractivity contribution in [2.45, 2.75) is 57.5 Å². The molecule has 0 radical (unpaired) electrons. The molecule has 0 bridgehead atoms. The van der Waals surface area contributed by atoms with E-state index >= 15 is 0 Å². The number of amides is 3. The minimum atomic E-state index is -0.556. The second-order valence-corrected chi connectivity index (χ2v) is 10.1. The Morgan fingerprint density at radius 1 is 0.938 bits per heavy atom. The summed E-state index contributed by atoms with van der Waals surface area (Å²) in [4.78, 5) is 24.7. The lowest BCUT2D eigenvalue weighted by molar-refractivity contribution is -0.119. The summed E-state index contributed by atoms with van der Waals surface area (Å²) in [5.74, 6) is 0.293. The third-order valence-corrected chi connectivity index (χ3v) is 5.65. The molecule has 1 atom stereocenters. The highest BCUT2D eigenvalue weighted by Crippen LogP contribution is 2.30. The normalized spacial score (nSPS) is 12.3. The molecule has 32 heavy (non-hydrogen) atoms. The quantitative estimate of drug-likeness (QED) is 0.551. The van der Waals surface area contributed by atoms with Gasteiger partial charge in [0.25, 0.3) is 0 Å². The van der Waals surface area contributed by atoms with Crippen molar-refractivity contribution >= 4 is 23.7 Å². The van der Waals surface area contributed by atoms with Crippen molar-refractivity contribution in [3.8, 4) is 17.1 Å². The maximum absolute atomic E-state index is 12.6. The average Bonchev–Trinajstić information content (AvgIpc) is 3.11. The molecule has 0 spiro atoms. The zero-order valence-electron chi connectivity index (χ0n) is 19.3. The van der Waals surface area contributed by atoms with Gasteiger partial charge in [-0.25, -0.2) is 4.79 Å². The molecule has 3 aromatic rings. The van der Waals surface area contributed by atoms with E-state index in [1.807, 2.05) is 87.7 Å². The number of nitrogens with zero attached hydrogens (tertiary/aromatic N) is 3. The van der Waals surface area contributed by atoms with E-state index < -0.39 is 22.7 Å². The van der Waals surface area contributed by atoms with E-state index in [0.717, 1.165) is 22.4 Å². The summed E-state index contributed by atoms with van der Waals surface area (Å²) in [6.45, 7) is 11.4. The first-order valence-corrected chi connectivity index (χ1v) is 11.3. The molecule has 1 heterocycles. The van der Waals surface area contributed by atoms with Crippen molar-refractivity contribution in [3.05, 3.63) is 59.7 Å². The predicted octanol–water partition coefficient (Wildman–Crippen LogP) is 4.66. The lowest BCUT2D eigenvalue weighted by Crippen LogP contribution is -2.49. The van der Waals surface area contributed by atoms with E-state index in [9.17, 15) is 9.59 Å². The molecule has 2 aromatic carbocycles. The Bertz CT molecular complexity index is 1100. The van der Waals surface area contributed by atoms with Crippen molar-refractivity contribution in [2.75, 3.05) is 0 Å². The second kappa shape index (κ2) is 9.56. The number of thioether (sulfide) groups is 1. The summed E-state index contributed by atoms with van der Waals surface area (Å²) < 4.78 is 1.94. The summed E-state index contributed by atoms with van der Waals surface area (Å²) in [5, 5.41) is 13.9. The number of rotatable bonds is 5. The number of imide groups is 1. The minimum absolute atomic E-state index is 0.396. The molecule has 2 N–H and O–H groups in total. The van der Waals surface area contributed by atoms with Gasteiger partial charge in [0.15, 0.2) is 11.0 Å². The maximum Gasteiger partial charge on any atom is 0.321 e. The third-order valence-electron chi connectivity index (χ3n) is 4.61. The number of carbonyl (C=O) groups is 2. The number of carbonyl (C=O) groups excluding carboxylic acids is 2. The average molecular weight is 452 g/mol. The molecule has 0 saturated heterocycles. The van der Waals surface area contributed by atoms with Gasteiger partial charge in [0, 0.05) is 16.8 Å². The van der Waals surface area contributed by atoms with Crippen LogP contribution in [0.4, 0.5) is 4.79 Å². The number of benzene rings is 2. The molecular weight excluding hydrogens is 422 g/mol. The molecule has 0 aliphatic rings. The van der Waals surface area contributed by atoms with Gasteiger partial charge in [-0.15, -0.1) is 10.2 Å². The highest BCUT2D eigenvalue weighted by atomic mass is 32.2. The standard InChI is InChI=1S/C24H29N5O2S/c1-15-7-11-18(12-8-15)20-27-28-23(29(20)19-13-9-16(2)10-14-19)32-17(3)21(30)25-22(31)26-24(4,5)6/h7-14,17H,1-6H3,(H2,25,26,30,31). The Labute approximate surface area is 193 Å². The SMILES string of the molecule is Cc1ccc(-c2nnc(SC(C)C(=O)NC(=O)NC(C)(C)C)n2-c2ccc(C)cc2)cc1. The molecule has 0 saturated carbocycles. The van der Waals surface area contributed by atoms with E-state index in [-0.39, 0.29) is 0 Å². The van der Waals surface area contributed by atoms with E-state index in [2.05, 4.69) is 20.8 Å². The van der Waals surface area contributed by atoms with E-state index in [0.29, 0.717) is 11.0 Å². The van der Waals surface area contributed by atoms with Crippen LogP contribution in [0.3, 0.4) is 0 Å². The first-order chi connectivity index (χ1) is 15.0. The van der Waals surface area contributed by atoms with Gasteiger partial charge < -0.3 is 5.32 Å². The van der Waals surface area contributed by atoms with Crippen LogP contribution in [0.2, 0.25) is 0 Å². The van der Waals surface area contributed by atoms with Crippen LogP contribution in [0.5, 0.6) is 0 Å². The molecule has 1 unspecified atom stereocenters. The van der Waals surface area contributed by atoms with Gasteiger partial charge >= 0.3 is 6.03 Å². The van der Waals surface area contributed by atoms with Crippen LogP contribution in [-0.2, 0) is 4.79 Å². The maximum atomic E-state index is 12.6. The summed E-state index contributed by atoms with van der Waals surface area (Å²) in [6.07, 6.45) is 0. The van der Waals surface area contributed by atoms with E-state index in [1.54, 1.807) is 6.92 Å². The van der Waals surface area contributed by atoms with Gasteiger partial charge in [-0.2, -0.15) is 0 Å². The molecule has 0 aliphatic carbocycles. The largest absolute Gasteiger partial charge is 0.333 e. The highest BCUT2D eigenvalue weighted by Gasteiger charge is 2.24. The summed E-state index contributed by atoms with van der Waals surface area (Å²) in [7, 11) is 0. The second-order valence-electron chi connectivity index (χ2n) is 8.80. The van der Waals surface area contributed by atoms with Crippen LogP contribution >= 0.6 is 11.8 Å². The highest BCUT2D eigenvalue weighted by molar-refractivity contribution is 8.00. The van der Waals surface area contributed by atoms with Gasteiger partial charge in [0.05, 0.1) is 5.25 Å². The van der Waals surface area contributed by atoms with Crippen LogP contribution in [0, 0.1) is 13.8 Å². The predicted molar refractivity (Wildman–Crippen MR) is 128 cm³/mol. The van der Waals surface area contributed by atoms with Crippen molar-refractivity contribution in [1.82, 2.24) is 25.4 Å². The summed E-state index contributed by atoms with van der Waals surface area (Å²) >= 11 is 1.25. The fraction of sp³-hybridized carbons (Fsp3) is 0.333. The monoisotopic (exact) mass is 451 g/mol. The minimum Gasteiger partial charge on any atom is -0.333 e. The Morgan fingerprint density at radius 3 is 2.06 bits per heavy atom. The fourth-order valence-corrected chi connectivity index (χ4v) is 3.83. The zero-order valence-corrected chi connectivity index (χ0v) is 20.1. The fourth-order valence-electron chi connectivity index (χ4n) is 2.96. The topological polar surface area (TPSA) is 88.9 Å². The van der Waals surface area contributed by atoms with Gasteiger partial charge in [0.1, 0.15) is 0 Å². The van der Waals surface area contributed by atoms with Crippen LogP contribution < -0.4 is 10.6 Å². The van der Waals surface area contributed by atoms with Crippen LogP contribution in [-0.4, -0.2) is 37.5 Å². The number of hydrogen-bond donors (Lipinski definition) is 2. The lowest BCUT2D eigenvalue weighted by Gasteiger charge is -2.21. The van der Waals surface area contributed by atoms with Crippen LogP contribution in [0.25, 0.3) is 17.1 Å². The van der Waals surface area contributed by atoms with Crippen molar-refractivity contribution in [1.29, 1.82) is 0 Å². The Balaban J connectivity index is 1.89. The Morgan fingerprint density at radius 2 is 1.50 bits per heavy atom. The molecule has 3 amide bonds. The van der Waals surface area contributed by atoms with Gasteiger partial charge in [-0.3, -0.25) is 14.7 Å². The molecular formula is C24H29N5O2S. The Kier molecular flexibility index (Phi) is 7.03. The molecule has 0 fully saturated rings. The third kappa shape index (κ3) is 5.97. The smallest absolute Gasteiger partial charge is 0.321 e. The molecule has 3 rings (SSSR count). The summed E-state index contributed by atoms with van der Waals surface area (Å²) in [6, 6.07) is 15.6. The first kappa shape index (κ1) is 23.5. The zero-order chi connectivity index (χ0) is 23.5. The number of aromatic nitrogens is 3. The number of urea groups is 1. The van der Waals surface area contributed by atoms with Gasteiger partial charge in [-0.1, -0.05) is 59.3 Å². The van der Waals surface area contributed by atoms with E-state index in [1.165, 1.54) is 11.8 Å². The van der Waals surface area contributed by atoms with Crippen molar-refractivity contribution in [2.24, 2.45) is 0 Å². The lowest BCUT2D eigenvalue weighted by atomic mass is 10.1. The Hall–Kier alpha value is -3.13.